The Morgan fingerprint density at radius 2 is 2.12 bits per heavy atom. The molecule has 0 aromatic heterocycles. The number of nitrogens with two attached hydrogens (primary N) is 1. The van der Waals surface area contributed by atoms with Crippen LogP contribution < -0.4 is 10.5 Å². The van der Waals surface area contributed by atoms with Crippen LogP contribution in [0, 0.1) is 0 Å². The minimum Gasteiger partial charge on any atom is -0.496 e. The fourth-order valence-corrected chi connectivity index (χ4v) is 1.77. The van der Waals surface area contributed by atoms with Crippen LogP contribution in [0.15, 0.2) is 18.2 Å². The van der Waals surface area contributed by atoms with Crippen molar-refractivity contribution in [3.8, 4) is 5.75 Å². The number of hydrogen-bond donors (Lipinski definition) is 1. The summed E-state index contributed by atoms with van der Waals surface area (Å²) >= 11 is 5.95. The molecule has 4 heteroatoms. The van der Waals surface area contributed by atoms with Crippen LogP contribution in [-0.4, -0.2) is 19.8 Å². The molecule has 0 saturated heterocycles. The minimum atomic E-state index is -0.242. The number of benzene rings is 1. The first-order valence-electron chi connectivity index (χ1n) is 5.30. The zero-order valence-electron chi connectivity index (χ0n) is 9.87. The lowest BCUT2D eigenvalue weighted by atomic mass is 10.0. The second-order valence-electron chi connectivity index (χ2n) is 3.57. The second-order valence-corrected chi connectivity index (χ2v) is 4.01. The number of ether oxygens (including phenoxy) is 2. The molecule has 0 aliphatic heterocycles. The lowest BCUT2D eigenvalue weighted by molar-refractivity contribution is 0.0569. The smallest absolute Gasteiger partial charge is 0.123 e. The standard InChI is InChI=1S/C12H18ClNO2/c1-4-16-8(2)12(14)10-7-9(13)5-6-11(10)15-3/h5-8,12H,4,14H2,1-3H3. The molecule has 0 bridgehead atoms. The maximum Gasteiger partial charge on any atom is 0.123 e. The molecule has 90 valence electrons. The molecule has 16 heavy (non-hydrogen) atoms. The lowest BCUT2D eigenvalue weighted by Gasteiger charge is -2.22. The summed E-state index contributed by atoms with van der Waals surface area (Å²) in [5.41, 5.74) is 6.98. The first-order valence-corrected chi connectivity index (χ1v) is 5.68. The number of methoxy groups -OCH3 is 1. The van der Waals surface area contributed by atoms with E-state index in [9.17, 15) is 0 Å². The van der Waals surface area contributed by atoms with Crippen molar-refractivity contribution in [1.29, 1.82) is 0 Å². The minimum absolute atomic E-state index is 0.0719. The van der Waals surface area contributed by atoms with Crippen molar-refractivity contribution >= 4 is 11.6 Å². The molecule has 1 aromatic carbocycles. The van der Waals surface area contributed by atoms with Gasteiger partial charge in [-0.05, 0) is 32.0 Å². The Bertz CT molecular complexity index is 344. The summed E-state index contributed by atoms with van der Waals surface area (Å²) in [5, 5.41) is 0.648. The third kappa shape index (κ3) is 3.11. The van der Waals surface area contributed by atoms with Crippen molar-refractivity contribution in [1.82, 2.24) is 0 Å². The maximum atomic E-state index is 6.11. The van der Waals surface area contributed by atoms with Crippen LogP contribution in [0.4, 0.5) is 0 Å². The van der Waals surface area contributed by atoms with E-state index in [1.807, 2.05) is 26.0 Å². The molecule has 1 rings (SSSR count). The van der Waals surface area contributed by atoms with E-state index < -0.39 is 0 Å². The molecule has 3 nitrogen and oxygen atoms in total. The van der Waals surface area contributed by atoms with Gasteiger partial charge in [0.1, 0.15) is 5.75 Å². The molecule has 2 unspecified atom stereocenters. The van der Waals surface area contributed by atoms with Crippen LogP contribution >= 0.6 is 11.6 Å². The van der Waals surface area contributed by atoms with E-state index >= 15 is 0 Å². The van der Waals surface area contributed by atoms with Gasteiger partial charge in [0.25, 0.3) is 0 Å². The first kappa shape index (κ1) is 13.3. The van der Waals surface area contributed by atoms with Crippen molar-refractivity contribution < 1.29 is 9.47 Å². The summed E-state index contributed by atoms with van der Waals surface area (Å²) in [6, 6.07) is 5.17. The average Bonchev–Trinajstić information content (AvgIpc) is 2.28. The molecular weight excluding hydrogens is 226 g/mol. The molecule has 0 aliphatic rings. The third-order valence-corrected chi connectivity index (χ3v) is 2.72. The maximum absolute atomic E-state index is 6.11. The summed E-state index contributed by atoms with van der Waals surface area (Å²) in [7, 11) is 1.62. The van der Waals surface area contributed by atoms with Crippen LogP contribution in [0.25, 0.3) is 0 Å². The molecule has 2 N–H and O–H groups in total. The predicted molar refractivity (Wildman–Crippen MR) is 66.0 cm³/mol. The topological polar surface area (TPSA) is 44.5 Å². The van der Waals surface area contributed by atoms with Gasteiger partial charge in [0.05, 0.1) is 19.3 Å². The van der Waals surface area contributed by atoms with E-state index in [-0.39, 0.29) is 12.1 Å². The fourth-order valence-electron chi connectivity index (χ4n) is 1.59. The molecular formula is C12H18ClNO2. The quantitative estimate of drug-likeness (QED) is 0.865. The number of hydrogen-bond acceptors (Lipinski definition) is 3. The monoisotopic (exact) mass is 243 g/mol. The average molecular weight is 244 g/mol. The first-order chi connectivity index (χ1) is 7.60. The number of rotatable bonds is 5. The molecule has 0 heterocycles. The summed E-state index contributed by atoms with van der Waals surface area (Å²) < 4.78 is 10.7. The Morgan fingerprint density at radius 3 is 2.69 bits per heavy atom. The van der Waals surface area contributed by atoms with Gasteiger partial charge in [0.2, 0.25) is 0 Å². The summed E-state index contributed by atoms with van der Waals surface area (Å²) in [5.74, 6) is 0.739. The van der Waals surface area contributed by atoms with Gasteiger partial charge in [0.15, 0.2) is 0 Å². The largest absolute Gasteiger partial charge is 0.496 e. The lowest BCUT2D eigenvalue weighted by Crippen LogP contribution is -2.26. The van der Waals surface area contributed by atoms with Crippen LogP contribution in [0.5, 0.6) is 5.75 Å². The molecule has 0 radical (unpaired) electrons. The molecule has 0 aliphatic carbocycles. The van der Waals surface area contributed by atoms with Crippen LogP contribution in [0.2, 0.25) is 5.02 Å². The van der Waals surface area contributed by atoms with E-state index in [0.717, 1.165) is 11.3 Å². The summed E-state index contributed by atoms with van der Waals surface area (Å²) in [4.78, 5) is 0. The number of halogens is 1. The van der Waals surface area contributed by atoms with E-state index in [1.165, 1.54) is 0 Å². The van der Waals surface area contributed by atoms with Crippen LogP contribution in [0.1, 0.15) is 25.5 Å². The Morgan fingerprint density at radius 1 is 1.44 bits per heavy atom. The van der Waals surface area contributed by atoms with Crippen LogP contribution in [-0.2, 0) is 4.74 Å². The van der Waals surface area contributed by atoms with Crippen molar-refractivity contribution in [2.45, 2.75) is 26.0 Å². The van der Waals surface area contributed by atoms with E-state index in [4.69, 9.17) is 26.8 Å². The summed E-state index contributed by atoms with van der Waals surface area (Å²) in [6.07, 6.45) is -0.0719. The van der Waals surface area contributed by atoms with Gasteiger partial charge in [-0.25, -0.2) is 0 Å². The van der Waals surface area contributed by atoms with Crippen molar-refractivity contribution in [2.24, 2.45) is 5.73 Å². The van der Waals surface area contributed by atoms with Crippen molar-refractivity contribution in [3.05, 3.63) is 28.8 Å². The Balaban J connectivity index is 2.96. The second kappa shape index (κ2) is 6.09. The molecule has 0 amide bonds. The molecule has 1 aromatic rings. The predicted octanol–water partition coefficient (Wildman–Crippen LogP) is 2.77. The van der Waals surface area contributed by atoms with Gasteiger partial charge in [-0.2, -0.15) is 0 Å². The zero-order valence-corrected chi connectivity index (χ0v) is 10.6. The van der Waals surface area contributed by atoms with Crippen molar-refractivity contribution in [2.75, 3.05) is 13.7 Å². The van der Waals surface area contributed by atoms with Gasteiger partial charge < -0.3 is 15.2 Å². The Labute approximate surface area is 101 Å². The third-order valence-electron chi connectivity index (χ3n) is 2.49. The van der Waals surface area contributed by atoms with E-state index in [1.54, 1.807) is 13.2 Å². The normalized spacial score (nSPS) is 14.6. The highest BCUT2D eigenvalue weighted by atomic mass is 35.5. The Hall–Kier alpha value is -0.770. The fraction of sp³-hybridized carbons (Fsp3) is 0.500. The van der Waals surface area contributed by atoms with Gasteiger partial charge >= 0.3 is 0 Å². The highest BCUT2D eigenvalue weighted by Crippen LogP contribution is 2.29. The molecule has 0 saturated carbocycles. The Kier molecular flexibility index (Phi) is 5.06. The van der Waals surface area contributed by atoms with Crippen LogP contribution in [0.3, 0.4) is 0 Å². The molecule has 0 fully saturated rings. The van der Waals surface area contributed by atoms with Gasteiger partial charge in [0, 0.05) is 17.2 Å². The van der Waals surface area contributed by atoms with E-state index in [0.29, 0.717) is 11.6 Å². The van der Waals surface area contributed by atoms with Gasteiger partial charge in [-0.1, -0.05) is 11.6 Å². The zero-order chi connectivity index (χ0) is 12.1. The molecule has 0 spiro atoms. The highest BCUT2D eigenvalue weighted by molar-refractivity contribution is 6.30. The highest BCUT2D eigenvalue weighted by Gasteiger charge is 2.19. The van der Waals surface area contributed by atoms with Crippen molar-refractivity contribution in [3.63, 3.8) is 0 Å². The summed E-state index contributed by atoms with van der Waals surface area (Å²) in [6.45, 7) is 4.52. The SMILES string of the molecule is CCOC(C)C(N)c1cc(Cl)ccc1OC. The van der Waals surface area contributed by atoms with Gasteiger partial charge in [-0.15, -0.1) is 0 Å². The van der Waals surface area contributed by atoms with Gasteiger partial charge in [-0.3, -0.25) is 0 Å². The van der Waals surface area contributed by atoms with E-state index in [2.05, 4.69) is 0 Å². The molecule has 2 atom stereocenters.